The molecule has 3 heteroatoms. The molecule has 0 saturated carbocycles. The zero-order valence-electron chi connectivity index (χ0n) is 19.7. The molecule has 0 amide bonds. The Morgan fingerprint density at radius 2 is 1.64 bits per heavy atom. The Kier molecular flexibility index (Phi) is 6.41. The summed E-state index contributed by atoms with van der Waals surface area (Å²) in [6, 6.07) is 29.1. The van der Waals surface area contributed by atoms with Crippen LogP contribution in [-0.2, 0) is 13.0 Å². The van der Waals surface area contributed by atoms with E-state index in [0.29, 0.717) is 6.04 Å². The lowest BCUT2D eigenvalue weighted by Gasteiger charge is -2.36. The highest BCUT2D eigenvalue weighted by molar-refractivity contribution is 5.68. The molecule has 3 nitrogen and oxygen atoms in total. The van der Waals surface area contributed by atoms with Crippen molar-refractivity contribution < 1.29 is 0 Å². The van der Waals surface area contributed by atoms with E-state index in [1.165, 1.54) is 59.4 Å². The van der Waals surface area contributed by atoms with Crippen molar-refractivity contribution in [1.82, 2.24) is 14.9 Å². The topological polar surface area (TPSA) is 31.9 Å². The van der Waals surface area contributed by atoms with Gasteiger partial charge >= 0.3 is 0 Å². The van der Waals surface area contributed by atoms with E-state index < -0.39 is 0 Å². The number of H-pyrrole nitrogens is 1. The van der Waals surface area contributed by atoms with Crippen LogP contribution in [-0.4, -0.2) is 27.5 Å². The van der Waals surface area contributed by atoms with Crippen LogP contribution in [0.3, 0.4) is 0 Å². The van der Waals surface area contributed by atoms with Crippen molar-refractivity contribution in [3.63, 3.8) is 0 Å². The summed E-state index contributed by atoms with van der Waals surface area (Å²) in [6.07, 6.45) is 5.04. The number of hydrogen-bond acceptors (Lipinski definition) is 2. The number of aromatic amines is 1. The Balaban J connectivity index is 1.30. The molecule has 168 valence electrons. The fraction of sp³-hybridized carbons (Fsp3) is 0.300. The van der Waals surface area contributed by atoms with Crippen LogP contribution in [0.5, 0.6) is 0 Å². The Morgan fingerprint density at radius 1 is 0.848 bits per heavy atom. The molecule has 33 heavy (non-hydrogen) atoms. The van der Waals surface area contributed by atoms with Gasteiger partial charge in [-0.1, -0.05) is 67.1 Å². The normalized spacial score (nSPS) is 16.7. The number of hydrogen-bond donors (Lipinski definition) is 1. The molecule has 1 aliphatic rings. The summed E-state index contributed by atoms with van der Waals surface area (Å²) < 4.78 is 0. The van der Waals surface area contributed by atoms with Crippen molar-refractivity contribution in [3.05, 3.63) is 101 Å². The van der Waals surface area contributed by atoms with Gasteiger partial charge in [-0.15, -0.1) is 0 Å². The highest BCUT2D eigenvalue weighted by Crippen LogP contribution is 2.27. The highest BCUT2D eigenvalue weighted by Gasteiger charge is 2.22. The van der Waals surface area contributed by atoms with Crippen molar-refractivity contribution in [2.75, 3.05) is 6.54 Å². The fourth-order valence-electron chi connectivity index (χ4n) is 5.14. The molecule has 3 heterocycles. The molecular weight excluding hydrogens is 402 g/mol. The number of aryl methyl sites for hydroxylation is 2. The van der Waals surface area contributed by atoms with E-state index in [1.54, 1.807) is 0 Å². The van der Waals surface area contributed by atoms with Gasteiger partial charge in [0, 0.05) is 35.1 Å². The molecule has 1 fully saturated rings. The van der Waals surface area contributed by atoms with Gasteiger partial charge in [-0.25, -0.2) is 4.98 Å². The molecule has 1 atom stereocenters. The number of nitrogens with one attached hydrogen (secondary N) is 1. The molecule has 0 bridgehead atoms. The van der Waals surface area contributed by atoms with Gasteiger partial charge in [0.1, 0.15) is 0 Å². The first-order valence-corrected chi connectivity index (χ1v) is 12.2. The Labute approximate surface area is 197 Å². The van der Waals surface area contributed by atoms with E-state index >= 15 is 0 Å². The quantitative estimate of drug-likeness (QED) is 0.355. The predicted molar refractivity (Wildman–Crippen MR) is 137 cm³/mol. The number of likely N-dealkylation sites (tertiary alicyclic amines) is 1. The minimum absolute atomic E-state index is 0.617. The number of benzene rings is 2. The summed E-state index contributed by atoms with van der Waals surface area (Å²) >= 11 is 0. The summed E-state index contributed by atoms with van der Waals surface area (Å²) in [7, 11) is 0. The number of rotatable bonds is 6. The number of piperidine rings is 1. The lowest BCUT2D eigenvalue weighted by Crippen LogP contribution is -2.40. The Hall–Kier alpha value is -3.17. The zero-order valence-corrected chi connectivity index (χ0v) is 19.7. The van der Waals surface area contributed by atoms with E-state index in [9.17, 15) is 0 Å². The molecule has 1 saturated heterocycles. The first kappa shape index (κ1) is 21.7. The smallest absolute Gasteiger partial charge is 0.0727 e. The largest absolute Gasteiger partial charge is 0.362 e. The van der Waals surface area contributed by atoms with Crippen LogP contribution in [0.15, 0.2) is 78.9 Å². The second-order valence-electron chi connectivity index (χ2n) is 9.41. The maximum atomic E-state index is 4.96. The van der Waals surface area contributed by atoms with Crippen LogP contribution in [0.25, 0.3) is 22.5 Å². The van der Waals surface area contributed by atoms with Gasteiger partial charge in [0.2, 0.25) is 0 Å². The molecule has 1 aliphatic heterocycles. The van der Waals surface area contributed by atoms with Gasteiger partial charge in [-0.05, 0) is 69.0 Å². The molecule has 4 aromatic rings. The SMILES string of the molecule is Cc1cc(-c2cccc(-c3ccc(CC4CCCCN4Cc4ccccc4)cc3)n2)c(C)[nH]1. The fourth-order valence-corrected chi connectivity index (χ4v) is 5.14. The van der Waals surface area contributed by atoms with Gasteiger partial charge in [-0.2, -0.15) is 0 Å². The third kappa shape index (κ3) is 5.09. The first-order valence-electron chi connectivity index (χ1n) is 12.2. The van der Waals surface area contributed by atoms with E-state index in [-0.39, 0.29) is 0 Å². The molecule has 0 radical (unpaired) electrons. The summed E-state index contributed by atoms with van der Waals surface area (Å²) in [5.74, 6) is 0. The second-order valence-corrected chi connectivity index (χ2v) is 9.41. The standard InChI is InChI=1S/C30H33N3/c1-22-19-28(23(2)31-22)30-13-8-12-29(32-30)26-16-14-24(15-17-26)20-27-11-6-7-18-33(27)21-25-9-4-3-5-10-25/h3-5,8-10,12-17,19,27,31H,6-7,11,18,20-21H2,1-2H3. The first-order chi connectivity index (χ1) is 16.2. The predicted octanol–water partition coefficient (Wildman–Crippen LogP) is 6.96. The van der Waals surface area contributed by atoms with Crippen molar-refractivity contribution in [1.29, 1.82) is 0 Å². The van der Waals surface area contributed by atoms with Gasteiger partial charge < -0.3 is 4.98 Å². The summed E-state index contributed by atoms with van der Waals surface area (Å²) in [5.41, 5.74) is 9.58. The lowest BCUT2D eigenvalue weighted by molar-refractivity contribution is 0.139. The maximum Gasteiger partial charge on any atom is 0.0727 e. The second kappa shape index (κ2) is 9.76. The van der Waals surface area contributed by atoms with Gasteiger partial charge in [0.05, 0.1) is 11.4 Å². The Bertz CT molecular complexity index is 1190. The van der Waals surface area contributed by atoms with Crippen molar-refractivity contribution in [3.8, 4) is 22.5 Å². The van der Waals surface area contributed by atoms with Crippen LogP contribution < -0.4 is 0 Å². The van der Waals surface area contributed by atoms with Crippen molar-refractivity contribution in [2.24, 2.45) is 0 Å². The van der Waals surface area contributed by atoms with Gasteiger partial charge in [0.25, 0.3) is 0 Å². The van der Waals surface area contributed by atoms with Crippen LogP contribution >= 0.6 is 0 Å². The zero-order chi connectivity index (χ0) is 22.6. The number of pyridine rings is 1. The molecule has 0 aliphatic carbocycles. The third-order valence-corrected chi connectivity index (χ3v) is 6.87. The van der Waals surface area contributed by atoms with Crippen LogP contribution in [0.4, 0.5) is 0 Å². The van der Waals surface area contributed by atoms with E-state index in [4.69, 9.17) is 4.98 Å². The van der Waals surface area contributed by atoms with Crippen LogP contribution in [0, 0.1) is 13.8 Å². The molecular formula is C30H33N3. The van der Waals surface area contributed by atoms with E-state index in [0.717, 1.165) is 24.4 Å². The molecule has 5 rings (SSSR count). The lowest BCUT2D eigenvalue weighted by atomic mass is 9.94. The van der Waals surface area contributed by atoms with Crippen molar-refractivity contribution >= 4 is 0 Å². The molecule has 0 spiro atoms. The third-order valence-electron chi connectivity index (χ3n) is 6.87. The van der Waals surface area contributed by atoms with E-state index in [1.807, 2.05) is 0 Å². The summed E-state index contributed by atoms with van der Waals surface area (Å²) in [6.45, 7) is 6.45. The summed E-state index contributed by atoms with van der Waals surface area (Å²) in [4.78, 5) is 11.0. The molecule has 1 unspecified atom stereocenters. The Morgan fingerprint density at radius 3 is 2.39 bits per heavy atom. The highest BCUT2D eigenvalue weighted by atomic mass is 15.2. The van der Waals surface area contributed by atoms with E-state index in [2.05, 4.69) is 103 Å². The maximum absolute atomic E-state index is 4.96. The van der Waals surface area contributed by atoms with Crippen LogP contribution in [0.1, 0.15) is 41.8 Å². The van der Waals surface area contributed by atoms with Crippen molar-refractivity contribution in [2.45, 2.75) is 52.1 Å². The molecule has 1 N–H and O–H groups in total. The molecule has 2 aromatic heterocycles. The monoisotopic (exact) mass is 435 g/mol. The number of nitrogens with zero attached hydrogens (tertiary/aromatic N) is 2. The summed E-state index contributed by atoms with van der Waals surface area (Å²) in [5, 5.41) is 0. The minimum Gasteiger partial charge on any atom is -0.362 e. The minimum atomic E-state index is 0.617. The average molecular weight is 436 g/mol. The van der Waals surface area contributed by atoms with Gasteiger partial charge in [0.15, 0.2) is 0 Å². The van der Waals surface area contributed by atoms with Gasteiger partial charge in [-0.3, -0.25) is 4.90 Å². The van der Waals surface area contributed by atoms with Crippen LogP contribution in [0.2, 0.25) is 0 Å². The number of aromatic nitrogens is 2. The molecule has 2 aromatic carbocycles. The average Bonchev–Trinajstić information content (AvgIpc) is 3.19.